The highest BCUT2D eigenvalue weighted by atomic mass is 31.3. The molecule has 2 aromatic rings. The normalized spacial score (nSPS) is 24.4. The van der Waals surface area contributed by atoms with E-state index < -0.39 is 52.4 Å². The molecular weight excluding hydrogens is 514 g/mol. The van der Waals surface area contributed by atoms with E-state index in [1.165, 1.54) is 19.6 Å². The van der Waals surface area contributed by atoms with E-state index >= 15 is 0 Å². The number of hydrogen-bond donors (Lipinski definition) is 7. The molecule has 5 atom stereocenters. The first-order valence-corrected chi connectivity index (χ1v) is 13.5. The average Bonchev–Trinajstić information content (AvgIpc) is 3.28. The maximum absolute atomic E-state index is 11.8. The minimum Gasteiger partial charge on any atom is -0.387 e. The number of nitrogen functional groups attached to an aromatic ring is 1. The fourth-order valence-corrected chi connectivity index (χ4v) is 4.82. The first-order valence-electron chi connectivity index (χ1n) is 10.4. The zero-order valence-corrected chi connectivity index (χ0v) is 21.0. The smallest absolute Gasteiger partial charge is 0.387 e. The van der Waals surface area contributed by atoms with E-state index in [1.54, 1.807) is 0 Å². The molecule has 0 saturated carbocycles. The molecule has 0 radical (unpaired) electrons. The summed E-state index contributed by atoms with van der Waals surface area (Å²) in [6.45, 7) is 9.26. The molecule has 1 fully saturated rings. The fraction of sp³-hybridized carbons (Fsp3) is 0.688. The molecule has 1 aliphatic heterocycles. The number of anilines is 1. The van der Waals surface area contributed by atoms with Crippen molar-refractivity contribution in [3.8, 4) is 0 Å². The van der Waals surface area contributed by atoms with E-state index in [9.17, 15) is 29.0 Å². The number of nitrogens with zero attached hydrogens (tertiary/aromatic N) is 4. The summed E-state index contributed by atoms with van der Waals surface area (Å²) in [5, 5.41) is 20.3. The number of fused-ring (bicyclic) bond motifs is 1. The van der Waals surface area contributed by atoms with Crippen molar-refractivity contribution in [2.24, 2.45) is 0 Å². The van der Waals surface area contributed by atoms with Crippen LogP contribution in [-0.2, 0) is 22.7 Å². The van der Waals surface area contributed by atoms with Crippen molar-refractivity contribution in [3.05, 3.63) is 16.7 Å². The molecule has 2 aromatic heterocycles. The van der Waals surface area contributed by atoms with E-state index in [4.69, 9.17) is 20.3 Å². The quantitative estimate of drug-likeness (QED) is 0.185. The van der Waals surface area contributed by atoms with Crippen LogP contribution in [0.2, 0.25) is 0 Å². The number of nitrogens with two attached hydrogens (primary N) is 1. The lowest BCUT2D eigenvalue weighted by atomic mass is 10.1. The maximum atomic E-state index is 11.8. The summed E-state index contributed by atoms with van der Waals surface area (Å²) in [4.78, 5) is 50.5. The molecule has 1 saturated heterocycles. The average molecular weight is 544 g/mol. The van der Waals surface area contributed by atoms with Crippen LogP contribution in [0.25, 0.3) is 11.2 Å². The maximum Gasteiger partial charge on any atom is 0.481 e. The van der Waals surface area contributed by atoms with Crippen LogP contribution in [0.3, 0.4) is 0 Å². The van der Waals surface area contributed by atoms with E-state index in [-0.39, 0.29) is 17.1 Å². The minimum atomic E-state index is -5.32. The van der Waals surface area contributed by atoms with E-state index in [1.807, 2.05) is 0 Å². The molecule has 1 aliphatic rings. The summed E-state index contributed by atoms with van der Waals surface area (Å²) in [5.41, 5.74) is 4.65. The number of H-pyrrole nitrogens is 1. The van der Waals surface area contributed by atoms with E-state index in [0.717, 1.165) is 10.9 Å². The SMILES string of the molecule is CCN(CC)CC.Nc1nc2c(ncn2[C@@H]2O[C@H](COP(=O)(O)OP(=O)(O)O)[C@@H](O)[C@H]2O)c(=O)[nH]1. The van der Waals surface area contributed by atoms with Gasteiger partial charge in [0.2, 0.25) is 5.95 Å². The highest BCUT2D eigenvalue weighted by Gasteiger charge is 2.46. The molecule has 3 rings (SSSR count). The van der Waals surface area contributed by atoms with Crippen molar-refractivity contribution >= 4 is 32.8 Å². The first-order chi connectivity index (χ1) is 16.2. The third-order valence-electron chi connectivity index (χ3n) is 5.02. The van der Waals surface area contributed by atoms with Crippen LogP contribution in [0, 0.1) is 0 Å². The van der Waals surface area contributed by atoms with Gasteiger partial charge in [0.05, 0.1) is 12.9 Å². The zero-order valence-electron chi connectivity index (χ0n) is 19.2. The molecule has 3 heterocycles. The minimum absolute atomic E-state index is 0.0586. The van der Waals surface area contributed by atoms with Gasteiger partial charge in [-0.25, -0.2) is 14.1 Å². The van der Waals surface area contributed by atoms with Gasteiger partial charge in [-0.2, -0.15) is 9.29 Å². The predicted octanol–water partition coefficient (Wildman–Crippen LogP) is -1.10. The molecule has 0 bridgehead atoms. The second kappa shape index (κ2) is 12.0. The molecule has 0 aliphatic carbocycles. The number of aromatic nitrogens is 4. The number of aliphatic hydroxyl groups excluding tert-OH is 2. The third kappa shape index (κ3) is 7.87. The summed E-state index contributed by atoms with van der Waals surface area (Å²) in [6.07, 6.45) is -4.88. The van der Waals surface area contributed by atoms with Crippen molar-refractivity contribution in [2.45, 2.75) is 45.3 Å². The van der Waals surface area contributed by atoms with Crippen LogP contribution in [0.5, 0.6) is 0 Å². The Balaban J connectivity index is 0.000000540. The van der Waals surface area contributed by atoms with Crippen LogP contribution in [0.15, 0.2) is 11.1 Å². The Hall–Kier alpha value is -1.75. The van der Waals surface area contributed by atoms with E-state index in [0.29, 0.717) is 0 Å². The second-order valence-corrected chi connectivity index (χ2v) is 10.1. The number of aliphatic hydroxyl groups is 2. The van der Waals surface area contributed by atoms with Crippen molar-refractivity contribution in [1.82, 2.24) is 24.4 Å². The molecule has 1 unspecified atom stereocenters. The lowest BCUT2D eigenvalue weighted by Gasteiger charge is -2.17. The molecule has 0 aromatic carbocycles. The van der Waals surface area contributed by atoms with Crippen molar-refractivity contribution in [3.63, 3.8) is 0 Å². The molecule has 200 valence electrons. The zero-order chi connectivity index (χ0) is 26.6. The number of imidazole rings is 1. The van der Waals surface area contributed by atoms with Crippen molar-refractivity contribution < 1.29 is 47.6 Å². The summed E-state index contributed by atoms with van der Waals surface area (Å²) in [7, 11) is -10.5. The molecule has 35 heavy (non-hydrogen) atoms. The van der Waals surface area contributed by atoms with Crippen LogP contribution in [0.1, 0.15) is 27.0 Å². The van der Waals surface area contributed by atoms with E-state index in [2.05, 4.69) is 49.5 Å². The second-order valence-electron chi connectivity index (χ2n) is 7.28. The standard InChI is InChI=1S/C10H15N5O11P2.C6H15N/c11-10-13-7-4(8(18)14-10)12-2-15(7)9-6(17)5(16)3(25-9)1-24-28(22,23)26-27(19,20)21;1-4-7(5-2)6-3/h2-3,5-6,9,16-17H,1H2,(H,22,23)(H2,19,20,21)(H3,11,13,14,18);4-6H2,1-3H3/t3-,5-,6-,9-;/m1./s1. The Morgan fingerprint density at radius 1 is 1.17 bits per heavy atom. The highest BCUT2D eigenvalue weighted by Crippen LogP contribution is 2.57. The monoisotopic (exact) mass is 544 g/mol. The molecule has 19 heteroatoms. The number of rotatable bonds is 9. The van der Waals surface area contributed by atoms with Gasteiger partial charge in [-0.05, 0) is 19.6 Å². The Labute approximate surface area is 199 Å². The number of phosphoric acid groups is 2. The molecule has 8 N–H and O–H groups in total. The summed E-state index contributed by atoms with van der Waals surface area (Å²) in [5.74, 6) is -0.233. The van der Waals surface area contributed by atoms with Crippen LogP contribution < -0.4 is 11.3 Å². The van der Waals surface area contributed by atoms with Crippen molar-refractivity contribution in [1.29, 1.82) is 0 Å². The number of aromatic amines is 1. The third-order valence-corrected chi connectivity index (χ3v) is 7.17. The Morgan fingerprint density at radius 3 is 2.29 bits per heavy atom. The Bertz CT molecular complexity index is 1130. The molecular formula is C16H30N6O11P2. The van der Waals surface area contributed by atoms with Gasteiger partial charge in [0.25, 0.3) is 5.56 Å². The summed E-state index contributed by atoms with van der Waals surface area (Å²) >= 11 is 0. The van der Waals surface area contributed by atoms with Gasteiger partial charge in [-0.3, -0.25) is 18.9 Å². The van der Waals surface area contributed by atoms with Gasteiger partial charge in [0.1, 0.15) is 18.3 Å². The number of nitrogens with one attached hydrogen (secondary N) is 1. The highest BCUT2D eigenvalue weighted by molar-refractivity contribution is 7.60. The lowest BCUT2D eigenvalue weighted by Crippen LogP contribution is -2.33. The lowest BCUT2D eigenvalue weighted by molar-refractivity contribution is -0.0503. The van der Waals surface area contributed by atoms with Gasteiger partial charge in [0.15, 0.2) is 17.4 Å². The van der Waals surface area contributed by atoms with Gasteiger partial charge in [-0.15, -0.1) is 0 Å². The fourth-order valence-electron chi connectivity index (χ4n) is 3.22. The van der Waals surface area contributed by atoms with Crippen LogP contribution >= 0.6 is 15.6 Å². The van der Waals surface area contributed by atoms with Crippen LogP contribution in [0.4, 0.5) is 5.95 Å². The number of hydrogen-bond acceptors (Lipinski definition) is 12. The number of ether oxygens (including phenoxy) is 1. The predicted molar refractivity (Wildman–Crippen MR) is 121 cm³/mol. The number of phosphoric ester groups is 1. The Kier molecular flexibility index (Phi) is 10.1. The molecule has 0 amide bonds. The van der Waals surface area contributed by atoms with Gasteiger partial charge < -0.3 is 40.3 Å². The summed E-state index contributed by atoms with van der Waals surface area (Å²) < 4.78 is 36.6. The van der Waals surface area contributed by atoms with Crippen LogP contribution in [-0.4, -0.2) is 93.9 Å². The molecule has 17 nitrogen and oxygen atoms in total. The van der Waals surface area contributed by atoms with Gasteiger partial charge >= 0.3 is 15.6 Å². The largest absolute Gasteiger partial charge is 0.481 e. The van der Waals surface area contributed by atoms with Crippen molar-refractivity contribution in [2.75, 3.05) is 32.0 Å². The van der Waals surface area contributed by atoms with Gasteiger partial charge in [-0.1, -0.05) is 20.8 Å². The topological polar surface area (TPSA) is 256 Å². The first kappa shape index (κ1) is 29.5. The van der Waals surface area contributed by atoms with Gasteiger partial charge in [0, 0.05) is 0 Å². The Morgan fingerprint density at radius 2 is 1.77 bits per heavy atom. The summed E-state index contributed by atoms with van der Waals surface area (Å²) in [6, 6.07) is 0. The molecule has 0 spiro atoms.